The van der Waals surface area contributed by atoms with E-state index >= 15 is 0 Å². The van der Waals surface area contributed by atoms with Gasteiger partial charge in [0.2, 0.25) is 0 Å². The van der Waals surface area contributed by atoms with Crippen molar-refractivity contribution in [3.8, 4) is 11.5 Å². The van der Waals surface area contributed by atoms with Crippen LogP contribution in [-0.2, 0) is 0 Å². The predicted octanol–water partition coefficient (Wildman–Crippen LogP) is 3.49. The molecule has 0 bridgehead atoms. The molecule has 2 aromatic rings. The second-order valence-electron chi connectivity index (χ2n) is 5.59. The third-order valence-electron chi connectivity index (χ3n) is 4.10. The number of aromatic nitrogens is 2. The molecule has 0 atom stereocenters. The Bertz CT molecular complexity index is 655. The summed E-state index contributed by atoms with van der Waals surface area (Å²) in [6, 6.07) is 7.71. The van der Waals surface area contributed by atoms with Gasteiger partial charge in [0, 0.05) is 31.5 Å². The lowest BCUT2D eigenvalue weighted by molar-refractivity contribution is 0.170. The molecular formula is C17H20ClN3O2. The quantitative estimate of drug-likeness (QED) is 0.801. The predicted molar refractivity (Wildman–Crippen MR) is 90.6 cm³/mol. The van der Waals surface area contributed by atoms with Crippen LogP contribution in [0.15, 0.2) is 30.6 Å². The number of ether oxygens (including phenoxy) is 2. The fourth-order valence-corrected chi connectivity index (χ4v) is 2.90. The van der Waals surface area contributed by atoms with Crippen LogP contribution in [0.5, 0.6) is 11.5 Å². The maximum atomic E-state index is 6.08. The molecule has 1 aliphatic heterocycles. The molecule has 2 heterocycles. The zero-order valence-corrected chi connectivity index (χ0v) is 14.1. The van der Waals surface area contributed by atoms with E-state index in [0.717, 1.165) is 48.8 Å². The van der Waals surface area contributed by atoms with E-state index in [1.165, 1.54) is 6.33 Å². The van der Waals surface area contributed by atoms with Gasteiger partial charge in [-0.15, -0.1) is 0 Å². The van der Waals surface area contributed by atoms with Gasteiger partial charge in [-0.25, -0.2) is 9.97 Å². The lowest BCUT2D eigenvalue weighted by atomic mass is 10.1. The second-order valence-corrected chi connectivity index (χ2v) is 5.95. The SMILES string of the molecule is COc1ccc(OC2CCN(c3ncnc(Cl)c3C)CC2)cc1. The molecule has 5 nitrogen and oxygen atoms in total. The Kier molecular flexibility index (Phi) is 4.86. The van der Waals surface area contributed by atoms with Crippen LogP contribution < -0.4 is 14.4 Å². The summed E-state index contributed by atoms with van der Waals surface area (Å²) in [6.45, 7) is 3.75. The van der Waals surface area contributed by atoms with Gasteiger partial charge in [-0.3, -0.25) is 0 Å². The molecule has 1 aromatic heterocycles. The number of hydrogen-bond acceptors (Lipinski definition) is 5. The van der Waals surface area contributed by atoms with Crippen molar-refractivity contribution in [3.63, 3.8) is 0 Å². The van der Waals surface area contributed by atoms with Crippen molar-refractivity contribution in [2.45, 2.75) is 25.9 Å². The zero-order chi connectivity index (χ0) is 16.2. The van der Waals surface area contributed by atoms with Crippen LogP contribution in [0.25, 0.3) is 0 Å². The topological polar surface area (TPSA) is 47.5 Å². The smallest absolute Gasteiger partial charge is 0.137 e. The van der Waals surface area contributed by atoms with E-state index in [1.807, 2.05) is 31.2 Å². The van der Waals surface area contributed by atoms with Crippen LogP contribution in [0.1, 0.15) is 18.4 Å². The van der Waals surface area contributed by atoms with Crippen molar-refractivity contribution in [2.75, 3.05) is 25.1 Å². The largest absolute Gasteiger partial charge is 0.497 e. The highest BCUT2D eigenvalue weighted by Crippen LogP contribution is 2.27. The van der Waals surface area contributed by atoms with Crippen molar-refractivity contribution < 1.29 is 9.47 Å². The first kappa shape index (κ1) is 15.9. The average molecular weight is 334 g/mol. The number of benzene rings is 1. The Morgan fingerprint density at radius 3 is 2.39 bits per heavy atom. The van der Waals surface area contributed by atoms with Gasteiger partial charge in [0.1, 0.15) is 34.9 Å². The minimum atomic E-state index is 0.220. The summed E-state index contributed by atoms with van der Waals surface area (Å²) in [5.41, 5.74) is 0.934. The normalized spacial score (nSPS) is 15.5. The molecular weight excluding hydrogens is 314 g/mol. The standard InChI is InChI=1S/C17H20ClN3O2/c1-12-16(18)19-11-20-17(12)21-9-7-15(8-10-21)23-14-5-3-13(22-2)4-6-14/h3-6,11,15H,7-10H2,1-2H3. The molecule has 6 heteroatoms. The van der Waals surface area contributed by atoms with Crippen LogP contribution in [0.3, 0.4) is 0 Å². The first-order chi connectivity index (χ1) is 11.2. The average Bonchev–Trinajstić information content (AvgIpc) is 2.59. The molecule has 0 radical (unpaired) electrons. The van der Waals surface area contributed by atoms with Crippen molar-refractivity contribution in [1.82, 2.24) is 9.97 Å². The van der Waals surface area contributed by atoms with Gasteiger partial charge in [-0.05, 0) is 31.2 Å². The maximum absolute atomic E-state index is 6.08. The molecule has 0 unspecified atom stereocenters. The molecule has 1 aliphatic rings. The molecule has 23 heavy (non-hydrogen) atoms. The zero-order valence-electron chi connectivity index (χ0n) is 13.3. The first-order valence-corrected chi connectivity index (χ1v) is 8.08. The summed E-state index contributed by atoms with van der Waals surface area (Å²) in [5, 5.41) is 0.520. The highest BCUT2D eigenvalue weighted by Gasteiger charge is 2.23. The minimum Gasteiger partial charge on any atom is -0.497 e. The second kappa shape index (κ2) is 7.04. The number of rotatable bonds is 4. The van der Waals surface area contributed by atoms with Gasteiger partial charge in [0.15, 0.2) is 0 Å². The molecule has 0 amide bonds. The molecule has 1 fully saturated rings. The summed E-state index contributed by atoms with van der Waals surface area (Å²) >= 11 is 6.08. The molecule has 0 N–H and O–H groups in total. The van der Waals surface area contributed by atoms with E-state index in [9.17, 15) is 0 Å². The van der Waals surface area contributed by atoms with Crippen molar-refractivity contribution >= 4 is 17.4 Å². The summed E-state index contributed by atoms with van der Waals surface area (Å²) in [7, 11) is 1.66. The van der Waals surface area contributed by atoms with Crippen LogP contribution >= 0.6 is 11.6 Å². The van der Waals surface area contributed by atoms with E-state index in [-0.39, 0.29) is 6.10 Å². The molecule has 0 aliphatic carbocycles. The van der Waals surface area contributed by atoms with E-state index in [2.05, 4.69) is 14.9 Å². The van der Waals surface area contributed by atoms with Crippen molar-refractivity contribution in [3.05, 3.63) is 41.3 Å². The summed E-state index contributed by atoms with van der Waals surface area (Å²) in [4.78, 5) is 10.6. The minimum absolute atomic E-state index is 0.220. The van der Waals surface area contributed by atoms with Gasteiger partial charge in [-0.2, -0.15) is 0 Å². The number of hydrogen-bond donors (Lipinski definition) is 0. The maximum Gasteiger partial charge on any atom is 0.137 e. The molecule has 1 saturated heterocycles. The molecule has 0 saturated carbocycles. The van der Waals surface area contributed by atoms with Gasteiger partial charge in [-0.1, -0.05) is 11.6 Å². The van der Waals surface area contributed by atoms with Crippen molar-refractivity contribution in [2.24, 2.45) is 0 Å². The van der Waals surface area contributed by atoms with Crippen LogP contribution in [0.2, 0.25) is 5.15 Å². The molecule has 1 aromatic carbocycles. The summed E-state index contributed by atoms with van der Waals surface area (Å²) in [5.74, 6) is 2.64. The third-order valence-corrected chi connectivity index (χ3v) is 4.48. The van der Waals surface area contributed by atoms with Gasteiger partial charge in [0.05, 0.1) is 7.11 Å². The van der Waals surface area contributed by atoms with E-state index in [1.54, 1.807) is 7.11 Å². The van der Waals surface area contributed by atoms with E-state index in [0.29, 0.717) is 5.15 Å². The molecule has 0 spiro atoms. The number of methoxy groups -OCH3 is 1. The lowest BCUT2D eigenvalue weighted by Crippen LogP contribution is -2.39. The lowest BCUT2D eigenvalue weighted by Gasteiger charge is -2.33. The Morgan fingerprint density at radius 1 is 1.09 bits per heavy atom. The Hall–Kier alpha value is -2.01. The Balaban J connectivity index is 1.58. The van der Waals surface area contributed by atoms with Gasteiger partial charge >= 0.3 is 0 Å². The Morgan fingerprint density at radius 2 is 1.74 bits per heavy atom. The number of nitrogens with zero attached hydrogens (tertiary/aromatic N) is 3. The number of anilines is 1. The monoisotopic (exact) mass is 333 g/mol. The van der Waals surface area contributed by atoms with Crippen molar-refractivity contribution in [1.29, 1.82) is 0 Å². The first-order valence-electron chi connectivity index (χ1n) is 7.70. The van der Waals surface area contributed by atoms with E-state index in [4.69, 9.17) is 21.1 Å². The fourth-order valence-electron chi connectivity index (χ4n) is 2.77. The highest BCUT2D eigenvalue weighted by atomic mass is 35.5. The van der Waals surface area contributed by atoms with Gasteiger partial charge < -0.3 is 14.4 Å². The van der Waals surface area contributed by atoms with E-state index < -0.39 is 0 Å². The summed E-state index contributed by atoms with van der Waals surface area (Å²) < 4.78 is 11.2. The highest BCUT2D eigenvalue weighted by molar-refractivity contribution is 6.30. The Labute approximate surface area is 141 Å². The van der Waals surface area contributed by atoms with Gasteiger partial charge in [0.25, 0.3) is 0 Å². The number of halogens is 1. The summed E-state index contributed by atoms with van der Waals surface area (Å²) in [6.07, 6.45) is 3.64. The van der Waals surface area contributed by atoms with Crippen LogP contribution in [0.4, 0.5) is 5.82 Å². The van der Waals surface area contributed by atoms with Crippen LogP contribution in [0, 0.1) is 6.92 Å². The number of piperidine rings is 1. The molecule has 3 rings (SSSR count). The molecule has 122 valence electrons. The van der Waals surface area contributed by atoms with Crippen LogP contribution in [-0.4, -0.2) is 36.3 Å². The third kappa shape index (κ3) is 3.67. The fraction of sp³-hybridized carbons (Fsp3) is 0.412.